The van der Waals surface area contributed by atoms with Crippen LogP contribution in [0, 0.1) is 5.82 Å². The number of aromatic amines is 1. The maximum Gasteiger partial charge on any atom is 0.230 e. The summed E-state index contributed by atoms with van der Waals surface area (Å²) in [7, 11) is 0. The molecule has 0 spiro atoms. The molecule has 2 fully saturated rings. The minimum Gasteiger partial charge on any atom is -0.347 e. The van der Waals surface area contributed by atoms with Gasteiger partial charge in [0.25, 0.3) is 0 Å². The number of hydrogen-bond donors (Lipinski definition) is 3. The summed E-state index contributed by atoms with van der Waals surface area (Å²) in [6, 6.07) is 5.77. The van der Waals surface area contributed by atoms with E-state index in [1.54, 1.807) is 22.8 Å². The van der Waals surface area contributed by atoms with Gasteiger partial charge in [-0.25, -0.2) is 9.37 Å². The Morgan fingerprint density at radius 2 is 2.00 bits per heavy atom. The van der Waals surface area contributed by atoms with Gasteiger partial charge in [0.15, 0.2) is 11.5 Å². The number of nitrogens with zero attached hydrogens (tertiary/aromatic N) is 6. The van der Waals surface area contributed by atoms with Gasteiger partial charge in [-0.3, -0.25) is 0 Å². The standard InChI is InChI=1S/C19H19ClFN9/c20-12-6-23-30-17(12)27-19(29-8-10-4-5-11(9-29)24-10)28-18(30)22-7-15-25-14-3-1-2-13(21)16(14)26-15/h1-3,6,10-11,24H,4-5,7-9H2,(H,25,26)(H,22,27,28). The van der Waals surface area contributed by atoms with Gasteiger partial charge in [0, 0.05) is 25.2 Å². The molecule has 11 heteroatoms. The zero-order chi connectivity index (χ0) is 20.2. The number of halogens is 2. The van der Waals surface area contributed by atoms with Crippen LogP contribution in [0.15, 0.2) is 24.4 Å². The first-order chi connectivity index (χ1) is 14.6. The predicted octanol–water partition coefficient (Wildman–Crippen LogP) is 2.35. The third-order valence-corrected chi connectivity index (χ3v) is 6.01. The van der Waals surface area contributed by atoms with Crippen molar-refractivity contribution in [2.75, 3.05) is 23.3 Å². The maximum atomic E-state index is 13.9. The van der Waals surface area contributed by atoms with E-state index in [1.165, 1.54) is 18.9 Å². The first kappa shape index (κ1) is 17.8. The van der Waals surface area contributed by atoms with E-state index in [9.17, 15) is 4.39 Å². The van der Waals surface area contributed by atoms with Crippen molar-refractivity contribution in [3.63, 3.8) is 0 Å². The number of imidazole rings is 1. The van der Waals surface area contributed by atoms with Gasteiger partial charge >= 0.3 is 0 Å². The van der Waals surface area contributed by atoms with Gasteiger partial charge in [-0.2, -0.15) is 19.6 Å². The molecular formula is C19H19ClFN9. The van der Waals surface area contributed by atoms with E-state index in [-0.39, 0.29) is 5.82 Å². The topological polar surface area (TPSA) is 99.1 Å². The molecule has 154 valence electrons. The number of nitrogens with one attached hydrogen (secondary N) is 3. The second-order valence-corrected chi connectivity index (χ2v) is 8.20. The third kappa shape index (κ3) is 2.94. The lowest BCUT2D eigenvalue weighted by molar-refractivity contribution is 0.460. The van der Waals surface area contributed by atoms with Crippen LogP contribution in [-0.4, -0.2) is 54.7 Å². The van der Waals surface area contributed by atoms with Gasteiger partial charge in [-0.15, -0.1) is 0 Å². The number of rotatable bonds is 4. The molecule has 3 N–H and O–H groups in total. The monoisotopic (exact) mass is 427 g/mol. The Balaban J connectivity index is 1.33. The summed E-state index contributed by atoms with van der Waals surface area (Å²) in [5.74, 6) is 1.38. The molecular weight excluding hydrogens is 409 g/mol. The van der Waals surface area contributed by atoms with Gasteiger partial charge in [0.1, 0.15) is 16.4 Å². The van der Waals surface area contributed by atoms with E-state index in [2.05, 4.69) is 35.6 Å². The predicted molar refractivity (Wildman–Crippen MR) is 111 cm³/mol. The number of H-pyrrole nitrogens is 1. The average molecular weight is 428 g/mol. The third-order valence-electron chi connectivity index (χ3n) is 5.74. The molecule has 1 aromatic carbocycles. The van der Waals surface area contributed by atoms with Crippen molar-refractivity contribution in [2.45, 2.75) is 31.5 Å². The van der Waals surface area contributed by atoms with Crippen LogP contribution in [0.5, 0.6) is 0 Å². The Bertz CT molecular complexity index is 1240. The van der Waals surface area contributed by atoms with Crippen LogP contribution < -0.4 is 15.5 Å². The fourth-order valence-electron chi connectivity index (χ4n) is 4.35. The molecule has 0 radical (unpaired) electrons. The molecule has 0 amide bonds. The molecule has 30 heavy (non-hydrogen) atoms. The summed E-state index contributed by atoms with van der Waals surface area (Å²) in [5.41, 5.74) is 1.52. The normalized spacial score (nSPS) is 21.1. The van der Waals surface area contributed by atoms with Crippen LogP contribution >= 0.6 is 11.6 Å². The Morgan fingerprint density at radius 3 is 2.80 bits per heavy atom. The lowest BCUT2D eigenvalue weighted by atomic mass is 10.2. The quantitative estimate of drug-likeness (QED) is 0.459. The first-order valence-electron chi connectivity index (χ1n) is 9.93. The molecule has 3 aromatic heterocycles. The molecule has 2 bridgehead atoms. The summed E-state index contributed by atoms with van der Waals surface area (Å²) < 4.78 is 15.5. The summed E-state index contributed by atoms with van der Waals surface area (Å²) >= 11 is 6.32. The van der Waals surface area contributed by atoms with Crippen LogP contribution in [-0.2, 0) is 6.54 Å². The van der Waals surface area contributed by atoms with Crippen molar-refractivity contribution in [3.8, 4) is 0 Å². The largest absolute Gasteiger partial charge is 0.347 e. The molecule has 5 heterocycles. The highest BCUT2D eigenvalue weighted by atomic mass is 35.5. The Hall–Kier alpha value is -2.98. The van der Waals surface area contributed by atoms with Crippen molar-refractivity contribution >= 4 is 40.2 Å². The number of fused-ring (bicyclic) bond motifs is 4. The number of anilines is 2. The second-order valence-electron chi connectivity index (χ2n) is 7.79. The van der Waals surface area contributed by atoms with Crippen LogP contribution in [0.2, 0.25) is 5.02 Å². The molecule has 2 saturated heterocycles. The first-order valence-corrected chi connectivity index (χ1v) is 10.3. The molecule has 0 saturated carbocycles. The highest BCUT2D eigenvalue weighted by Gasteiger charge is 2.33. The minimum absolute atomic E-state index is 0.321. The Kier molecular flexibility index (Phi) is 4.03. The van der Waals surface area contributed by atoms with Gasteiger partial charge in [-0.1, -0.05) is 17.7 Å². The van der Waals surface area contributed by atoms with Gasteiger partial charge in [0.05, 0.1) is 18.3 Å². The van der Waals surface area contributed by atoms with E-state index >= 15 is 0 Å². The molecule has 6 rings (SSSR count). The summed E-state index contributed by atoms with van der Waals surface area (Å²) in [6.45, 7) is 2.05. The summed E-state index contributed by atoms with van der Waals surface area (Å²) in [4.78, 5) is 19.0. The van der Waals surface area contributed by atoms with E-state index in [4.69, 9.17) is 16.6 Å². The van der Waals surface area contributed by atoms with Crippen LogP contribution in [0.1, 0.15) is 18.7 Å². The van der Waals surface area contributed by atoms with E-state index in [1.807, 2.05) is 0 Å². The van der Waals surface area contributed by atoms with E-state index in [0.29, 0.717) is 58.1 Å². The number of benzene rings is 1. The molecule has 2 atom stereocenters. The number of hydrogen-bond acceptors (Lipinski definition) is 7. The molecule has 0 aliphatic carbocycles. The summed E-state index contributed by atoms with van der Waals surface area (Å²) in [6.07, 6.45) is 3.90. The van der Waals surface area contributed by atoms with Crippen molar-refractivity contribution in [3.05, 3.63) is 41.1 Å². The van der Waals surface area contributed by atoms with Crippen molar-refractivity contribution in [2.24, 2.45) is 0 Å². The van der Waals surface area contributed by atoms with E-state index in [0.717, 1.165) is 13.1 Å². The molecule has 2 aliphatic heterocycles. The van der Waals surface area contributed by atoms with E-state index < -0.39 is 0 Å². The average Bonchev–Trinajstić information content (AvgIpc) is 3.44. The number of piperazine rings is 1. The molecule has 2 aliphatic rings. The van der Waals surface area contributed by atoms with Gasteiger partial charge in [-0.05, 0) is 25.0 Å². The van der Waals surface area contributed by atoms with Crippen molar-refractivity contribution < 1.29 is 4.39 Å². The lowest BCUT2D eigenvalue weighted by Gasteiger charge is -2.33. The summed E-state index contributed by atoms with van der Waals surface area (Å²) in [5, 5.41) is 11.6. The highest BCUT2D eigenvalue weighted by Crippen LogP contribution is 2.26. The lowest BCUT2D eigenvalue weighted by Crippen LogP contribution is -2.51. The zero-order valence-corrected chi connectivity index (χ0v) is 16.7. The fraction of sp³-hybridized carbons (Fsp3) is 0.368. The van der Waals surface area contributed by atoms with Crippen LogP contribution in [0.25, 0.3) is 16.7 Å². The highest BCUT2D eigenvalue weighted by molar-refractivity contribution is 6.33. The van der Waals surface area contributed by atoms with Crippen molar-refractivity contribution in [1.29, 1.82) is 0 Å². The van der Waals surface area contributed by atoms with Crippen LogP contribution in [0.3, 0.4) is 0 Å². The molecule has 4 aromatic rings. The Morgan fingerprint density at radius 1 is 1.17 bits per heavy atom. The second kappa shape index (κ2) is 6.78. The Labute approximate surface area is 175 Å². The fourth-order valence-corrected chi connectivity index (χ4v) is 4.52. The van der Waals surface area contributed by atoms with Gasteiger partial charge in [0.2, 0.25) is 11.9 Å². The number of para-hydroxylation sites is 1. The minimum atomic E-state index is -0.353. The van der Waals surface area contributed by atoms with Gasteiger partial charge < -0.3 is 20.5 Å². The molecule has 9 nitrogen and oxygen atoms in total. The maximum absolute atomic E-state index is 13.9. The smallest absolute Gasteiger partial charge is 0.230 e. The number of aromatic nitrogens is 6. The van der Waals surface area contributed by atoms with Crippen molar-refractivity contribution in [1.82, 2.24) is 34.9 Å². The zero-order valence-electron chi connectivity index (χ0n) is 15.9. The van der Waals surface area contributed by atoms with Crippen LogP contribution in [0.4, 0.5) is 16.3 Å². The SMILES string of the molecule is Fc1cccc2[nH]c(CNc3nc(N4CC5CCC(C4)N5)nc4c(Cl)cnn34)nc12. The molecule has 2 unspecified atom stereocenters.